The zero-order valence-electron chi connectivity index (χ0n) is 25.3. The van der Waals surface area contributed by atoms with Gasteiger partial charge in [-0.2, -0.15) is 0 Å². The number of nitrogens with zero attached hydrogens (tertiary/aromatic N) is 2. The first kappa shape index (κ1) is 33.4. The maximum atomic E-state index is 14.9. The lowest BCUT2D eigenvalue weighted by Crippen LogP contribution is -2.63. The minimum atomic E-state index is -1.55. The van der Waals surface area contributed by atoms with Gasteiger partial charge in [-0.3, -0.25) is 23.9 Å². The second-order valence-electron chi connectivity index (χ2n) is 10.4. The van der Waals surface area contributed by atoms with Crippen molar-refractivity contribution < 1.29 is 56.4 Å². The van der Waals surface area contributed by atoms with Crippen LogP contribution in [0.4, 0.5) is 8.78 Å². The molecule has 0 spiro atoms. The zero-order chi connectivity index (χ0) is 32.2. The molecule has 0 N–H and O–H groups in total. The highest BCUT2D eigenvalue weighted by molar-refractivity contribution is 5.68. The van der Waals surface area contributed by atoms with Crippen molar-refractivity contribution in [3.63, 3.8) is 0 Å². The number of benzene rings is 1. The summed E-state index contributed by atoms with van der Waals surface area (Å²) < 4.78 is 64.5. The summed E-state index contributed by atoms with van der Waals surface area (Å²) in [6.45, 7) is 10.9. The number of rotatable bonds is 10. The number of hydrogen-bond donors (Lipinski definition) is 0. The Hall–Kier alpha value is -4.07. The molecule has 12 nitrogen and oxygen atoms in total. The minimum absolute atomic E-state index is 0.0425. The quantitative estimate of drug-likeness (QED) is 0.289. The average molecular weight is 611 g/mol. The Morgan fingerprint density at radius 3 is 2.02 bits per heavy atom. The molecule has 2 heterocycles. The van der Waals surface area contributed by atoms with E-state index >= 15 is 0 Å². The highest BCUT2D eigenvalue weighted by Gasteiger charge is 2.53. The first-order valence-corrected chi connectivity index (χ1v) is 13.6. The molecule has 0 aliphatic carbocycles. The molecule has 3 rings (SSSR count). The number of aryl methyl sites for hydroxylation is 1. The third-order valence-corrected chi connectivity index (χ3v) is 6.62. The maximum Gasteiger partial charge on any atom is 0.303 e. The molecule has 1 aromatic heterocycles. The van der Waals surface area contributed by atoms with E-state index in [1.54, 1.807) is 11.6 Å². The van der Waals surface area contributed by atoms with Crippen LogP contribution < -0.4 is 4.74 Å². The van der Waals surface area contributed by atoms with Crippen LogP contribution in [0.1, 0.15) is 70.0 Å². The Bertz CT molecular complexity index is 1380. The lowest BCUT2D eigenvalue weighted by Gasteiger charge is -2.43. The summed E-state index contributed by atoms with van der Waals surface area (Å²) in [4.78, 5) is 47.9. The molecule has 0 amide bonds. The van der Waals surface area contributed by atoms with Crippen LogP contribution in [0.25, 0.3) is 0 Å². The lowest BCUT2D eigenvalue weighted by molar-refractivity contribution is -0.289. The van der Waals surface area contributed by atoms with Gasteiger partial charge in [-0.05, 0) is 38.8 Å². The Morgan fingerprint density at radius 2 is 1.47 bits per heavy atom. The number of ether oxygens (including phenoxy) is 6. The van der Waals surface area contributed by atoms with E-state index in [1.165, 1.54) is 19.1 Å². The lowest BCUT2D eigenvalue weighted by atomic mass is 9.98. The second kappa shape index (κ2) is 13.9. The van der Waals surface area contributed by atoms with Crippen LogP contribution in [0.15, 0.2) is 12.1 Å². The van der Waals surface area contributed by atoms with Gasteiger partial charge in [-0.1, -0.05) is 12.1 Å². The molecular formula is C29H36F2N2O10. The van der Waals surface area contributed by atoms with Crippen molar-refractivity contribution in [2.24, 2.45) is 0 Å². The molecule has 0 radical (unpaired) electrons. The van der Waals surface area contributed by atoms with E-state index in [2.05, 4.69) is 5.10 Å². The molecule has 0 bridgehead atoms. The van der Waals surface area contributed by atoms with Gasteiger partial charge in [0.2, 0.25) is 18.3 Å². The molecule has 1 aliphatic rings. The van der Waals surface area contributed by atoms with Gasteiger partial charge in [0.15, 0.2) is 23.8 Å². The highest BCUT2D eigenvalue weighted by atomic mass is 19.2. The van der Waals surface area contributed by atoms with Gasteiger partial charge in [0, 0.05) is 51.4 Å². The molecule has 236 valence electrons. The van der Waals surface area contributed by atoms with E-state index in [0.717, 1.165) is 27.7 Å². The van der Waals surface area contributed by atoms with E-state index in [4.69, 9.17) is 28.4 Å². The van der Waals surface area contributed by atoms with Crippen LogP contribution in [-0.2, 0) is 49.3 Å². The maximum absolute atomic E-state index is 14.9. The monoisotopic (exact) mass is 610 g/mol. The molecule has 5 atom stereocenters. The Labute approximate surface area is 247 Å². The van der Waals surface area contributed by atoms with Gasteiger partial charge in [0.05, 0.1) is 0 Å². The van der Waals surface area contributed by atoms with E-state index in [9.17, 15) is 28.0 Å². The zero-order valence-corrected chi connectivity index (χ0v) is 25.3. The van der Waals surface area contributed by atoms with Gasteiger partial charge in [-0.15, -0.1) is 5.10 Å². The predicted octanol–water partition coefficient (Wildman–Crippen LogP) is 3.41. The number of aromatic nitrogens is 2. The summed E-state index contributed by atoms with van der Waals surface area (Å²) in [5.74, 6) is -5.12. The first-order chi connectivity index (χ1) is 20.1. The molecule has 0 saturated carbocycles. The van der Waals surface area contributed by atoms with Crippen LogP contribution in [0, 0.1) is 25.5 Å². The van der Waals surface area contributed by atoms with Crippen molar-refractivity contribution in [1.82, 2.24) is 9.78 Å². The van der Waals surface area contributed by atoms with Crippen LogP contribution in [-0.4, -0.2) is 71.0 Å². The van der Waals surface area contributed by atoms with Gasteiger partial charge < -0.3 is 28.4 Å². The van der Waals surface area contributed by atoms with Crippen molar-refractivity contribution in [3.05, 3.63) is 46.2 Å². The summed E-state index contributed by atoms with van der Waals surface area (Å²) in [6.07, 6.45) is -7.23. The van der Waals surface area contributed by atoms with Gasteiger partial charge >= 0.3 is 23.9 Å². The summed E-state index contributed by atoms with van der Waals surface area (Å²) >= 11 is 0. The van der Waals surface area contributed by atoms with E-state index in [1.807, 2.05) is 13.8 Å². The van der Waals surface area contributed by atoms with Gasteiger partial charge in [-0.25, -0.2) is 8.78 Å². The molecule has 14 heteroatoms. The fourth-order valence-corrected chi connectivity index (χ4v) is 4.73. The Balaban J connectivity index is 2.12. The Kier molecular flexibility index (Phi) is 10.8. The third-order valence-electron chi connectivity index (χ3n) is 6.62. The Morgan fingerprint density at radius 1 is 0.884 bits per heavy atom. The average Bonchev–Trinajstić information content (AvgIpc) is 3.20. The highest BCUT2D eigenvalue weighted by Crippen LogP contribution is 2.34. The van der Waals surface area contributed by atoms with Gasteiger partial charge in [0.1, 0.15) is 12.7 Å². The molecule has 1 fully saturated rings. The molecule has 2 aromatic rings. The van der Waals surface area contributed by atoms with E-state index in [0.29, 0.717) is 11.3 Å². The van der Waals surface area contributed by atoms with Crippen molar-refractivity contribution in [2.75, 3.05) is 6.61 Å². The van der Waals surface area contributed by atoms with Crippen molar-refractivity contribution in [2.45, 2.75) is 98.6 Å². The van der Waals surface area contributed by atoms with Crippen molar-refractivity contribution in [1.29, 1.82) is 0 Å². The molecule has 1 aromatic carbocycles. The number of halogens is 2. The van der Waals surface area contributed by atoms with Crippen molar-refractivity contribution in [3.8, 4) is 5.88 Å². The molecule has 0 unspecified atom stereocenters. The fraction of sp³-hybridized carbons (Fsp3) is 0.552. The van der Waals surface area contributed by atoms with E-state index in [-0.39, 0.29) is 29.5 Å². The van der Waals surface area contributed by atoms with Crippen LogP contribution >= 0.6 is 0 Å². The summed E-state index contributed by atoms with van der Waals surface area (Å²) in [5.41, 5.74) is 1.14. The topological polar surface area (TPSA) is 141 Å². The summed E-state index contributed by atoms with van der Waals surface area (Å²) in [6, 6.07) is 2.74. The number of esters is 4. The molecule has 1 saturated heterocycles. The van der Waals surface area contributed by atoms with Gasteiger partial charge in [0.25, 0.3) is 0 Å². The second-order valence-corrected chi connectivity index (χ2v) is 10.4. The van der Waals surface area contributed by atoms with Crippen molar-refractivity contribution >= 4 is 23.9 Å². The van der Waals surface area contributed by atoms with Crippen LogP contribution in [0.5, 0.6) is 5.88 Å². The third kappa shape index (κ3) is 8.06. The predicted molar refractivity (Wildman–Crippen MR) is 144 cm³/mol. The molecular weight excluding hydrogens is 574 g/mol. The fourth-order valence-electron chi connectivity index (χ4n) is 4.73. The largest absolute Gasteiger partial charge is 0.463 e. The minimum Gasteiger partial charge on any atom is -0.463 e. The number of carbonyl (C=O) groups excluding carboxylic acids is 4. The standard InChI is InChI=1S/C29H36F2N2O10/c1-13(2)33-15(4)21(11-20-10-9-14(3)23(30)24(20)31)28(32-33)43-29-27(41-19(8)37)26(40-18(7)36)25(39-17(6)35)22(42-29)12-38-16(5)34/h9-10,13,22,25-27,29H,11-12H2,1-8H3/t22-,25-,26+,27-,29+/m1/s1. The summed E-state index contributed by atoms with van der Waals surface area (Å²) in [5, 5.41) is 4.51. The van der Waals surface area contributed by atoms with Crippen LogP contribution in [0.2, 0.25) is 0 Å². The SMILES string of the molecule is CC(=O)OC[C@H]1O[C@@H](Oc2nn(C(C)C)c(C)c2Cc2ccc(C)c(F)c2F)[C@H](OC(C)=O)[C@@H](OC(C)=O)[C@@H]1OC(C)=O. The smallest absolute Gasteiger partial charge is 0.303 e. The first-order valence-electron chi connectivity index (χ1n) is 13.6. The normalized spacial score (nSPS) is 21.7. The number of carbonyl (C=O) groups is 4. The number of hydrogen-bond acceptors (Lipinski definition) is 11. The summed E-state index contributed by atoms with van der Waals surface area (Å²) in [7, 11) is 0. The molecule has 43 heavy (non-hydrogen) atoms. The molecule has 1 aliphatic heterocycles. The van der Waals surface area contributed by atoms with E-state index < -0.39 is 72.8 Å². The van der Waals surface area contributed by atoms with Crippen LogP contribution in [0.3, 0.4) is 0 Å².